The third-order valence-electron chi connectivity index (χ3n) is 5.04. The average molecular weight is 301 g/mol. The topological polar surface area (TPSA) is 58.3 Å². The van der Waals surface area contributed by atoms with E-state index in [2.05, 4.69) is 33.3 Å². The Labute approximate surface area is 133 Å². The molecule has 22 heavy (non-hydrogen) atoms. The molecule has 0 aliphatic carbocycles. The molecule has 0 radical (unpaired) electrons. The van der Waals surface area contributed by atoms with Crippen molar-refractivity contribution in [3.05, 3.63) is 23.9 Å². The summed E-state index contributed by atoms with van der Waals surface area (Å²) in [5, 5.41) is 0. The Morgan fingerprint density at radius 3 is 2.77 bits per heavy atom. The molecule has 2 aliphatic rings. The quantitative estimate of drug-likeness (QED) is 0.864. The van der Waals surface area contributed by atoms with E-state index in [0.717, 1.165) is 36.6 Å². The zero-order valence-corrected chi connectivity index (χ0v) is 13.8. The van der Waals surface area contributed by atoms with Crippen molar-refractivity contribution in [3.63, 3.8) is 0 Å². The number of hydrogen-bond donors (Lipinski definition) is 1. The molecule has 0 aromatic carbocycles. The number of nitrogens with two attached hydrogens (primary N) is 1. The van der Waals surface area contributed by atoms with Crippen LogP contribution >= 0.6 is 0 Å². The van der Waals surface area contributed by atoms with Crippen molar-refractivity contribution in [2.24, 2.45) is 0 Å². The monoisotopic (exact) mass is 301 g/mol. The molecule has 5 heteroatoms. The molecule has 0 amide bonds. The Morgan fingerprint density at radius 2 is 2.09 bits per heavy atom. The molecule has 2 fully saturated rings. The molecular formula is C17H27N5. The molecule has 120 valence electrons. The Balaban J connectivity index is 1.73. The third kappa shape index (κ3) is 2.82. The smallest absolute Gasteiger partial charge is 0.222 e. The molecule has 2 saturated heterocycles. The minimum absolute atomic E-state index is 0.370. The first-order valence-corrected chi connectivity index (χ1v) is 8.34. The molecule has 0 bridgehead atoms. The summed E-state index contributed by atoms with van der Waals surface area (Å²) in [6.45, 7) is 11.5. The van der Waals surface area contributed by atoms with Crippen LogP contribution in [0.4, 0.5) is 11.8 Å². The summed E-state index contributed by atoms with van der Waals surface area (Å²) in [6.07, 6.45) is 6.75. The van der Waals surface area contributed by atoms with Crippen LogP contribution in [-0.4, -0.2) is 46.6 Å². The summed E-state index contributed by atoms with van der Waals surface area (Å²) in [6, 6.07) is 1.37. The Bertz CT molecular complexity index is 550. The number of anilines is 2. The summed E-state index contributed by atoms with van der Waals surface area (Å²) in [7, 11) is 0. The zero-order valence-electron chi connectivity index (χ0n) is 13.8. The van der Waals surface area contributed by atoms with Crippen molar-refractivity contribution < 1.29 is 0 Å². The lowest BCUT2D eigenvalue weighted by Gasteiger charge is -2.50. The van der Waals surface area contributed by atoms with Crippen molar-refractivity contribution >= 4 is 11.8 Å². The van der Waals surface area contributed by atoms with E-state index in [1.165, 1.54) is 25.8 Å². The normalized spacial score (nSPS) is 23.4. The standard InChI is InChI=1S/C17H27N5/c1-4-7-15-13(3)19-17(18)20-16(15)21-10-14(11-21)22-9-6-5-8-12(22)2/h4,12,14H,1,5-11H2,2-3H3,(H2,18,19,20)/t12-/m1/s1. The van der Waals surface area contributed by atoms with Gasteiger partial charge in [-0.3, -0.25) is 4.90 Å². The number of nitrogen functional groups attached to an aromatic ring is 1. The molecule has 3 rings (SSSR count). The second-order valence-electron chi connectivity index (χ2n) is 6.60. The van der Waals surface area contributed by atoms with Crippen molar-refractivity contribution in [2.45, 2.75) is 51.6 Å². The Morgan fingerprint density at radius 1 is 1.32 bits per heavy atom. The first-order chi connectivity index (χ1) is 10.6. The highest BCUT2D eigenvalue weighted by atomic mass is 15.4. The number of likely N-dealkylation sites (tertiary alicyclic amines) is 1. The van der Waals surface area contributed by atoms with Crippen LogP contribution in [0.25, 0.3) is 0 Å². The summed E-state index contributed by atoms with van der Waals surface area (Å²) in [5.41, 5.74) is 7.99. The second-order valence-corrected chi connectivity index (χ2v) is 6.60. The number of rotatable bonds is 4. The van der Waals surface area contributed by atoms with Crippen LogP contribution in [0, 0.1) is 6.92 Å². The number of aryl methyl sites for hydroxylation is 1. The maximum Gasteiger partial charge on any atom is 0.222 e. The van der Waals surface area contributed by atoms with Gasteiger partial charge >= 0.3 is 0 Å². The highest BCUT2D eigenvalue weighted by Crippen LogP contribution is 2.30. The van der Waals surface area contributed by atoms with Gasteiger partial charge in [-0.05, 0) is 39.7 Å². The lowest BCUT2D eigenvalue weighted by molar-refractivity contribution is 0.0872. The fourth-order valence-electron chi connectivity index (χ4n) is 3.75. The molecule has 0 spiro atoms. The van der Waals surface area contributed by atoms with Crippen molar-refractivity contribution in [2.75, 3.05) is 30.3 Å². The van der Waals surface area contributed by atoms with E-state index in [4.69, 9.17) is 5.73 Å². The van der Waals surface area contributed by atoms with E-state index in [1.807, 2.05) is 13.0 Å². The molecule has 2 aliphatic heterocycles. The molecule has 1 aromatic rings. The molecule has 3 heterocycles. The van der Waals surface area contributed by atoms with Crippen LogP contribution in [0.15, 0.2) is 12.7 Å². The predicted octanol–water partition coefficient (Wildman–Crippen LogP) is 2.16. The minimum atomic E-state index is 0.370. The fourth-order valence-corrected chi connectivity index (χ4v) is 3.75. The Hall–Kier alpha value is -1.62. The van der Waals surface area contributed by atoms with Crippen LogP contribution in [-0.2, 0) is 6.42 Å². The van der Waals surface area contributed by atoms with Gasteiger partial charge in [0, 0.05) is 36.4 Å². The molecule has 0 unspecified atom stereocenters. The number of allylic oxidation sites excluding steroid dienone is 1. The van der Waals surface area contributed by atoms with Gasteiger partial charge in [-0.25, -0.2) is 4.98 Å². The van der Waals surface area contributed by atoms with Gasteiger partial charge < -0.3 is 10.6 Å². The van der Waals surface area contributed by atoms with Crippen molar-refractivity contribution in [1.29, 1.82) is 0 Å². The van der Waals surface area contributed by atoms with E-state index in [9.17, 15) is 0 Å². The van der Waals surface area contributed by atoms with Gasteiger partial charge in [-0.1, -0.05) is 12.5 Å². The van der Waals surface area contributed by atoms with Gasteiger partial charge in [0.2, 0.25) is 5.95 Å². The van der Waals surface area contributed by atoms with Crippen LogP contribution < -0.4 is 10.6 Å². The largest absolute Gasteiger partial charge is 0.368 e. The molecule has 1 aromatic heterocycles. The second kappa shape index (κ2) is 6.24. The van der Waals surface area contributed by atoms with E-state index < -0.39 is 0 Å². The number of nitrogens with zero attached hydrogens (tertiary/aromatic N) is 4. The van der Waals surface area contributed by atoms with Gasteiger partial charge in [0.25, 0.3) is 0 Å². The maximum absolute atomic E-state index is 5.86. The average Bonchev–Trinajstić information content (AvgIpc) is 2.43. The first-order valence-electron chi connectivity index (χ1n) is 8.34. The van der Waals surface area contributed by atoms with Crippen LogP contribution in [0.2, 0.25) is 0 Å². The van der Waals surface area contributed by atoms with Crippen LogP contribution in [0.5, 0.6) is 0 Å². The van der Waals surface area contributed by atoms with Gasteiger partial charge in [0.1, 0.15) is 5.82 Å². The van der Waals surface area contributed by atoms with Gasteiger partial charge in [0.05, 0.1) is 0 Å². The Kier molecular flexibility index (Phi) is 4.34. The maximum atomic E-state index is 5.86. The lowest BCUT2D eigenvalue weighted by atomic mass is 9.97. The number of hydrogen-bond acceptors (Lipinski definition) is 5. The fraction of sp³-hybridized carbons (Fsp3) is 0.647. The lowest BCUT2D eigenvalue weighted by Crippen LogP contribution is -2.62. The summed E-state index contributed by atoms with van der Waals surface area (Å²) in [4.78, 5) is 13.8. The van der Waals surface area contributed by atoms with E-state index in [-0.39, 0.29) is 0 Å². The first kappa shape index (κ1) is 15.3. The zero-order chi connectivity index (χ0) is 15.7. The minimum Gasteiger partial charge on any atom is -0.368 e. The van der Waals surface area contributed by atoms with E-state index in [1.54, 1.807) is 0 Å². The van der Waals surface area contributed by atoms with Gasteiger partial charge in [0.15, 0.2) is 0 Å². The van der Waals surface area contributed by atoms with E-state index in [0.29, 0.717) is 18.0 Å². The van der Waals surface area contributed by atoms with Gasteiger partial charge in [-0.15, -0.1) is 6.58 Å². The van der Waals surface area contributed by atoms with Gasteiger partial charge in [-0.2, -0.15) is 4.98 Å². The van der Waals surface area contributed by atoms with Crippen LogP contribution in [0.1, 0.15) is 37.4 Å². The molecular weight excluding hydrogens is 274 g/mol. The van der Waals surface area contributed by atoms with Crippen molar-refractivity contribution in [1.82, 2.24) is 14.9 Å². The molecule has 0 saturated carbocycles. The third-order valence-corrected chi connectivity index (χ3v) is 5.04. The van der Waals surface area contributed by atoms with Crippen molar-refractivity contribution in [3.8, 4) is 0 Å². The highest BCUT2D eigenvalue weighted by Gasteiger charge is 2.36. The summed E-state index contributed by atoms with van der Waals surface area (Å²) >= 11 is 0. The molecule has 2 N–H and O–H groups in total. The highest BCUT2D eigenvalue weighted by molar-refractivity contribution is 5.54. The number of aromatic nitrogens is 2. The predicted molar refractivity (Wildman–Crippen MR) is 91.1 cm³/mol. The number of piperidine rings is 1. The van der Waals surface area contributed by atoms with E-state index >= 15 is 0 Å². The SMILES string of the molecule is C=CCc1c(C)nc(N)nc1N1CC(N2CCCC[C@H]2C)C1. The molecule has 5 nitrogen and oxygen atoms in total. The summed E-state index contributed by atoms with van der Waals surface area (Å²) in [5.74, 6) is 1.38. The summed E-state index contributed by atoms with van der Waals surface area (Å²) < 4.78 is 0. The molecule has 1 atom stereocenters. The van der Waals surface area contributed by atoms with Crippen LogP contribution in [0.3, 0.4) is 0 Å².